The molecule has 0 aromatic rings. The van der Waals surface area contributed by atoms with E-state index < -0.39 is 0 Å². The standard InChI is InChI=1S/C12H20O/c1-10(2)6-5-7-11(3)8-9-12(4)13/h6,8-9,11H,5,7H2,1-4H3. The number of carbonyl (C=O) groups is 1. The fourth-order valence-electron chi connectivity index (χ4n) is 1.03. The fourth-order valence-corrected chi connectivity index (χ4v) is 1.03. The number of hydrogen-bond acceptors (Lipinski definition) is 1. The first kappa shape index (κ1) is 12.2. The van der Waals surface area contributed by atoms with Gasteiger partial charge in [-0.2, -0.15) is 0 Å². The predicted molar refractivity (Wildman–Crippen MR) is 57.7 cm³/mol. The minimum Gasteiger partial charge on any atom is -0.295 e. The molecule has 0 heterocycles. The fraction of sp³-hybridized carbons (Fsp3) is 0.583. The molecule has 1 heteroatoms. The molecule has 1 nitrogen and oxygen atoms in total. The molecule has 13 heavy (non-hydrogen) atoms. The summed E-state index contributed by atoms with van der Waals surface area (Å²) in [6.45, 7) is 7.93. The van der Waals surface area contributed by atoms with E-state index in [9.17, 15) is 4.79 Å². The van der Waals surface area contributed by atoms with Gasteiger partial charge in [0.1, 0.15) is 0 Å². The number of hydrogen-bond donors (Lipinski definition) is 0. The summed E-state index contributed by atoms with van der Waals surface area (Å²) >= 11 is 0. The second kappa shape index (κ2) is 6.64. The van der Waals surface area contributed by atoms with Crippen molar-refractivity contribution in [3.05, 3.63) is 23.8 Å². The first-order chi connectivity index (χ1) is 6.02. The second-order valence-corrected chi connectivity index (χ2v) is 3.81. The van der Waals surface area contributed by atoms with Crippen LogP contribution < -0.4 is 0 Å². The van der Waals surface area contributed by atoms with Crippen molar-refractivity contribution in [2.45, 2.75) is 40.5 Å². The minimum atomic E-state index is 0.133. The van der Waals surface area contributed by atoms with E-state index in [0.717, 1.165) is 12.8 Å². The summed E-state index contributed by atoms with van der Waals surface area (Å²) in [7, 11) is 0. The molecule has 0 saturated heterocycles. The average Bonchev–Trinajstić information content (AvgIpc) is 2.00. The average molecular weight is 180 g/mol. The monoisotopic (exact) mass is 180 g/mol. The molecule has 0 aliphatic carbocycles. The van der Waals surface area contributed by atoms with Crippen LogP contribution in [0.2, 0.25) is 0 Å². The summed E-state index contributed by atoms with van der Waals surface area (Å²) < 4.78 is 0. The Hall–Kier alpha value is -0.850. The molecule has 0 spiro atoms. The molecule has 0 amide bonds. The third kappa shape index (κ3) is 9.06. The van der Waals surface area contributed by atoms with Gasteiger partial charge in [0.2, 0.25) is 0 Å². The van der Waals surface area contributed by atoms with Crippen LogP contribution in [-0.4, -0.2) is 5.78 Å². The molecule has 1 unspecified atom stereocenters. The zero-order chi connectivity index (χ0) is 10.3. The molecule has 0 aliphatic rings. The Bertz CT molecular complexity index is 207. The number of rotatable bonds is 5. The van der Waals surface area contributed by atoms with Gasteiger partial charge in [-0.3, -0.25) is 4.79 Å². The van der Waals surface area contributed by atoms with Crippen LogP contribution in [0.4, 0.5) is 0 Å². The molecule has 0 aromatic heterocycles. The Labute approximate surface area is 81.5 Å². The zero-order valence-electron chi connectivity index (χ0n) is 9.13. The summed E-state index contributed by atoms with van der Waals surface area (Å²) in [4.78, 5) is 10.6. The zero-order valence-corrected chi connectivity index (χ0v) is 9.13. The van der Waals surface area contributed by atoms with Crippen LogP contribution in [0.5, 0.6) is 0 Å². The first-order valence-electron chi connectivity index (χ1n) is 4.84. The van der Waals surface area contributed by atoms with Crippen LogP contribution in [0.15, 0.2) is 23.8 Å². The van der Waals surface area contributed by atoms with Gasteiger partial charge >= 0.3 is 0 Å². The van der Waals surface area contributed by atoms with Crippen molar-refractivity contribution in [1.29, 1.82) is 0 Å². The molecule has 0 rings (SSSR count). The van der Waals surface area contributed by atoms with Crippen LogP contribution >= 0.6 is 0 Å². The second-order valence-electron chi connectivity index (χ2n) is 3.81. The van der Waals surface area contributed by atoms with E-state index in [1.165, 1.54) is 5.57 Å². The van der Waals surface area contributed by atoms with Gasteiger partial charge in [0.25, 0.3) is 0 Å². The van der Waals surface area contributed by atoms with E-state index in [4.69, 9.17) is 0 Å². The quantitative estimate of drug-likeness (QED) is 0.467. The number of allylic oxidation sites excluding steroid dienone is 4. The topological polar surface area (TPSA) is 17.1 Å². The smallest absolute Gasteiger partial charge is 0.152 e. The Morgan fingerprint density at radius 3 is 2.38 bits per heavy atom. The lowest BCUT2D eigenvalue weighted by Gasteiger charge is -2.02. The van der Waals surface area contributed by atoms with Gasteiger partial charge in [-0.25, -0.2) is 0 Å². The number of carbonyl (C=O) groups excluding carboxylic acids is 1. The molecule has 0 fully saturated rings. The summed E-state index contributed by atoms with van der Waals surface area (Å²) in [5.41, 5.74) is 1.36. The summed E-state index contributed by atoms with van der Waals surface area (Å²) in [6.07, 6.45) is 8.10. The molecular weight excluding hydrogens is 160 g/mol. The van der Waals surface area contributed by atoms with Crippen molar-refractivity contribution in [3.8, 4) is 0 Å². The predicted octanol–water partition coefficient (Wildman–Crippen LogP) is 3.51. The van der Waals surface area contributed by atoms with Gasteiger partial charge in [-0.15, -0.1) is 0 Å². The van der Waals surface area contributed by atoms with Crippen molar-refractivity contribution in [3.63, 3.8) is 0 Å². The van der Waals surface area contributed by atoms with Crippen LogP contribution in [0, 0.1) is 5.92 Å². The van der Waals surface area contributed by atoms with Gasteiger partial charge in [0, 0.05) is 0 Å². The maximum absolute atomic E-state index is 10.6. The van der Waals surface area contributed by atoms with Crippen molar-refractivity contribution in [2.75, 3.05) is 0 Å². The molecule has 0 radical (unpaired) electrons. The van der Waals surface area contributed by atoms with Crippen molar-refractivity contribution >= 4 is 5.78 Å². The lowest BCUT2D eigenvalue weighted by atomic mass is 10.0. The molecule has 0 aromatic carbocycles. The van der Waals surface area contributed by atoms with E-state index >= 15 is 0 Å². The largest absolute Gasteiger partial charge is 0.295 e. The first-order valence-corrected chi connectivity index (χ1v) is 4.84. The maximum atomic E-state index is 10.6. The normalized spacial score (nSPS) is 12.9. The minimum absolute atomic E-state index is 0.133. The highest BCUT2D eigenvalue weighted by Crippen LogP contribution is 2.08. The lowest BCUT2D eigenvalue weighted by molar-refractivity contribution is -0.112. The van der Waals surface area contributed by atoms with Gasteiger partial charge in [0.05, 0.1) is 0 Å². The molecular formula is C12H20O. The van der Waals surface area contributed by atoms with E-state index in [1.807, 2.05) is 6.08 Å². The van der Waals surface area contributed by atoms with Crippen LogP contribution in [-0.2, 0) is 4.79 Å². The third-order valence-electron chi connectivity index (χ3n) is 1.83. The van der Waals surface area contributed by atoms with Crippen molar-refractivity contribution in [2.24, 2.45) is 5.92 Å². The molecule has 1 atom stereocenters. The highest BCUT2D eigenvalue weighted by Gasteiger charge is 1.95. The van der Waals surface area contributed by atoms with Gasteiger partial charge in [0.15, 0.2) is 5.78 Å². The number of ketones is 1. The molecule has 0 aliphatic heterocycles. The van der Waals surface area contributed by atoms with E-state index in [2.05, 4.69) is 26.8 Å². The molecule has 0 N–H and O–H groups in total. The summed E-state index contributed by atoms with van der Waals surface area (Å²) in [6, 6.07) is 0. The van der Waals surface area contributed by atoms with Gasteiger partial charge in [-0.05, 0) is 45.6 Å². The van der Waals surface area contributed by atoms with Crippen LogP contribution in [0.1, 0.15) is 40.5 Å². The van der Waals surface area contributed by atoms with E-state index in [-0.39, 0.29) is 5.78 Å². The van der Waals surface area contributed by atoms with Crippen LogP contribution in [0.25, 0.3) is 0 Å². The Balaban J connectivity index is 3.69. The van der Waals surface area contributed by atoms with E-state index in [0.29, 0.717) is 5.92 Å². The molecule has 0 saturated carbocycles. The van der Waals surface area contributed by atoms with Crippen molar-refractivity contribution in [1.82, 2.24) is 0 Å². The Morgan fingerprint density at radius 2 is 1.92 bits per heavy atom. The van der Waals surface area contributed by atoms with Crippen LogP contribution in [0.3, 0.4) is 0 Å². The summed E-state index contributed by atoms with van der Waals surface area (Å²) in [5, 5.41) is 0. The third-order valence-corrected chi connectivity index (χ3v) is 1.83. The highest BCUT2D eigenvalue weighted by atomic mass is 16.1. The molecule has 0 bridgehead atoms. The summed E-state index contributed by atoms with van der Waals surface area (Å²) in [5.74, 6) is 0.633. The molecule has 74 valence electrons. The maximum Gasteiger partial charge on any atom is 0.152 e. The van der Waals surface area contributed by atoms with E-state index in [1.54, 1.807) is 13.0 Å². The Kier molecular flexibility index (Phi) is 6.21. The Morgan fingerprint density at radius 1 is 1.31 bits per heavy atom. The van der Waals surface area contributed by atoms with Gasteiger partial charge < -0.3 is 0 Å². The lowest BCUT2D eigenvalue weighted by Crippen LogP contribution is -1.90. The van der Waals surface area contributed by atoms with Crippen molar-refractivity contribution < 1.29 is 4.79 Å². The SMILES string of the molecule is CC(=O)C=CC(C)CCC=C(C)C. The highest BCUT2D eigenvalue weighted by molar-refractivity contribution is 5.87. The van der Waals surface area contributed by atoms with Gasteiger partial charge in [-0.1, -0.05) is 24.6 Å².